The van der Waals surface area contributed by atoms with Gasteiger partial charge >= 0.3 is 0 Å². The second kappa shape index (κ2) is 6.86. The molecule has 1 heterocycles. The van der Waals surface area contributed by atoms with E-state index in [2.05, 4.69) is 36.1 Å². The van der Waals surface area contributed by atoms with Crippen molar-refractivity contribution in [2.75, 3.05) is 12.3 Å². The summed E-state index contributed by atoms with van der Waals surface area (Å²) in [5.41, 5.74) is 1.11. The van der Waals surface area contributed by atoms with Crippen LogP contribution in [0.4, 0.5) is 0 Å². The molecule has 0 aliphatic rings. The van der Waals surface area contributed by atoms with Crippen molar-refractivity contribution in [2.24, 2.45) is 5.92 Å². The molecule has 1 rings (SSSR count). The van der Waals surface area contributed by atoms with Crippen LogP contribution in [0.1, 0.15) is 26.3 Å². The molecule has 3 nitrogen and oxygen atoms in total. The Morgan fingerprint density at radius 3 is 2.44 bits per heavy atom. The minimum Gasteiger partial charge on any atom is -0.313 e. The molecule has 0 spiro atoms. The van der Waals surface area contributed by atoms with Crippen LogP contribution < -0.4 is 5.32 Å². The third-order valence-corrected chi connectivity index (χ3v) is 3.42. The van der Waals surface area contributed by atoms with Crippen molar-refractivity contribution < 1.29 is 0 Å². The molecule has 1 unspecified atom stereocenters. The third-order valence-electron chi connectivity index (χ3n) is 2.42. The molecule has 16 heavy (non-hydrogen) atoms. The van der Waals surface area contributed by atoms with Crippen molar-refractivity contribution in [1.29, 1.82) is 0 Å². The van der Waals surface area contributed by atoms with E-state index in [9.17, 15) is 0 Å². The third kappa shape index (κ3) is 4.49. The van der Waals surface area contributed by atoms with E-state index in [4.69, 9.17) is 0 Å². The molecular formula is C12H21N3S. The molecule has 0 saturated heterocycles. The minimum atomic E-state index is 0.528. The largest absolute Gasteiger partial charge is 0.313 e. The lowest BCUT2D eigenvalue weighted by Crippen LogP contribution is -2.35. The van der Waals surface area contributed by atoms with Crippen LogP contribution in [-0.4, -0.2) is 28.3 Å². The van der Waals surface area contributed by atoms with E-state index in [1.54, 1.807) is 11.8 Å². The molecule has 1 N–H and O–H groups in total. The highest BCUT2D eigenvalue weighted by molar-refractivity contribution is 7.99. The Hall–Kier alpha value is -0.610. The summed E-state index contributed by atoms with van der Waals surface area (Å²) in [6.45, 7) is 9.64. The molecule has 1 aromatic rings. The highest BCUT2D eigenvalue weighted by Crippen LogP contribution is 2.16. The van der Waals surface area contributed by atoms with Crippen LogP contribution in [0, 0.1) is 12.8 Å². The molecule has 0 aliphatic heterocycles. The van der Waals surface area contributed by atoms with Crippen molar-refractivity contribution in [1.82, 2.24) is 15.3 Å². The monoisotopic (exact) mass is 239 g/mol. The van der Waals surface area contributed by atoms with Crippen LogP contribution in [0.25, 0.3) is 0 Å². The predicted molar refractivity (Wildman–Crippen MR) is 69.8 cm³/mol. The second-order valence-electron chi connectivity index (χ2n) is 4.26. The summed E-state index contributed by atoms with van der Waals surface area (Å²) in [5.74, 6) is 1.66. The van der Waals surface area contributed by atoms with E-state index in [0.29, 0.717) is 12.0 Å². The van der Waals surface area contributed by atoms with Crippen molar-refractivity contribution in [3.8, 4) is 0 Å². The van der Waals surface area contributed by atoms with Gasteiger partial charge in [0.2, 0.25) is 0 Å². The summed E-state index contributed by atoms with van der Waals surface area (Å²) >= 11 is 1.72. The quantitative estimate of drug-likeness (QED) is 0.611. The maximum absolute atomic E-state index is 4.29. The maximum Gasteiger partial charge on any atom is 0.187 e. The number of hydrogen-bond acceptors (Lipinski definition) is 4. The van der Waals surface area contributed by atoms with Gasteiger partial charge in [-0.25, -0.2) is 9.97 Å². The first kappa shape index (κ1) is 13.5. The van der Waals surface area contributed by atoms with Crippen molar-refractivity contribution in [3.63, 3.8) is 0 Å². The van der Waals surface area contributed by atoms with E-state index < -0.39 is 0 Å². The fraction of sp³-hybridized carbons (Fsp3) is 0.667. The Morgan fingerprint density at radius 2 is 1.94 bits per heavy atom. The first-order chi connectivity index (χ1) is 7.63. The lowest BCUT2D eigenvalue weighted by molar-refractivity contribution is 0.443. The van der Waals surface area contributed by atoms with Crippen molar-refractivity contribution in [2.45, 2.75) is 38.9 Å². The van der Waals surface area contributed by atoms with Gasteiger partial charge in [-0.1, -0.05) is 32.5 Å². The molecular weight excluding hydrogens is 218 g/mol. The Labute approximate surface area is 102 Å². The lowest BCUT2D eigenvalue weighted by Gasteiger charge is -2.20. The van der Waals surface area contributed by atoms with Gasteiger partial charge < -0.3 is 5.32 Å². The highest BCUT2D eigenvalue weighted by Gasteiger charge is 2.12. The highest BCUT2D eigenvalue weighted by atomic mass is 32.2. The molecule has 0 fully saturated rings. The number of nitrogens with one attached hydrogen (secondary N) is 1. The molecule has 4 heteroatoms. The molecule has 0 aliphatic carbocycles. The van der Waals surface area contributed by atoms with Crippen LogP contribution in [0.5, 0.6) is 0 Å². The molecule has 90 valence electrons. The summed E-state index contributed by atoms with van der Waals surface area (Å²) in [4.78, 5) is 8.59. The normalized spacial score (nSPS) is 13.1. The first-order valence-electron chi connectivity index (χ1n) is 5.78. The lowest BCUT2D eigenvalue weighted by atomic mass is 10.1. The standard InChI is InChI=1S/C12H21N3S/c1-5-13-11(9(2)3)8-16-12-14-6-10(4)7-15-12/h6-7,9,11,13H,5,8H2,1-4H3. The summed E-state index contributed by atoms with van der Waals surface area (Å²) in [6, 6.07) is 0.528. The van der Waals surface area contributed by atoms with Gasteiger partial charge in [0.1, 0.15) is 0 Å². The Morgan fingerprint density at radius 1 is 1.31 bits per heavy atom. The Bertz CT molecular complexity index is 298. The van der Waals surface area contributed by atoms with Crippen LogP contribution in [0.15, 0.2) is 17.6 Å². The molecule has 0 saturated carbocycles. The van der Waals surface area contributed by atoms with E-state index in [1.165, 1.54) is 0 Å². The van der Waals surface area contributed by atoms with Gasteiger partial charge in [0.25, 0.3) is 0 Å². The maximum atomic E-state index is 4.29. The average Bonchev–Trinajstić information content (AvgIpc) is 2.26. The summed E-state index contributed by atoms with van der Waals surface area (Å²) in [5, 5.41) is 4.36. The van der Waals surface area contributed by atoms with Crippen LogP contribution in [0.3, 0.4) is 0 Å². The summed E-state index contributed by atoms with van der Waals surface area (Å²) < 4.78 is 0. The van der Waals surface area contributed by atoms with Gasteiger partial charge in [-0.3, -0.25) is 0 Å². The predicted octanol–water partition coefficient (Wildman–Crippen LogP) is 2.51. The van der Waals surface area contributed by atoms with Crippen molar-refractivity contribution >= 4 is 11.8 Å². The topological polar surface area (TPSA) is 37.8 Å². The SMILES string of the molecule is CCNC(CSc1ncc(C)cn1)C(C)C. The smallest absolute Gasteiger partial charge is 0.187 e. The summed E-state index contributed by atoms with van der Waals surface area (Å²) in [7, 11) is 0. The number of hydrogen-bond donors (Lipinski definition) is 1. The van der Waals surface area contributed by atoms with Gasteiger partial charge in [-0.05, 0) is 24.9 Å². The fourth-order valence-corrected chi connectivity index (χ4v) is 2.45. The zero-order valence-corrected chi connectivity index (χ0v) is 11.3. The number of rotatable bonds is 6. The van der Waals surface area contributed by atoms with E-state index in [-0.39, 0.29) is 0 Å². The molecule has 0 radical (unpaired) electrons. The van der Waals surface area contributed by atoms with Gasteiger partial charge in [-0.15, -0.1) is 0 Å². The molecule has 0 aromatic carbocycles. The zero-order valence-electron chi connectivity index (χ0n) is 10.5. The van der Waals surface area contributed by atoms with Crippen LogP contribution in [0.2, 0.25) is 0 Å². The Kier molecular flexibility index (Phi) is 5.77. The van der Waals surface area contributed by atoms with E-state index in [1.807, 2.05) is 19.3 Å². The van der Waals surface area contributed by atoms with Gasteiger partial charge in [-0.2, -0.15) is 0 Å². The first-order valence-corrected chi connectivity index (χ1v) is 6.76. The van der Waals surface area contributed by atoms with Gasteiger partial charge in [0, 0.05) is 24.2 Å². The second-order valence-corrected chi connectivity index (χ2v) is 5.25. The minimum absolute atomic E-state index is 0.528. The number of thioether (sulfide) groups is 1. The van der Waals surface area contributed by atoms with Crippen LogP contribution >= 0.6 is 11.8 Å². The average molecular weight is 239 g/mol. The van der Waals surface area contributed by atoms with E-state index >= 15 is 0 Å². The summed E-state index contributed by atoms with van der Waals surface area (Å²) in [6.07, 6.45) is 3.74. The molecule has 0 bridgehead atoms. The fourth-order valence-electron chi connectivity index (χ4n) is 1.37. The van der Waals surface area contributed by atoms with Gasteiger partial charge in [0.15, 0.2) is 5.16 Å². The molecule has 1 atom stereocenters. The van der Waals surface area contributed by atoms with Gasteiger partial charge in [0.05, 0.1) is 0 Å². The number of aryl methyl sites for hydroxylation is 1. The van der Waals surface area contributed by atoms with E-state index in [0.717, 1.165) is 23.0 Å². The zero-order chi connectivity index (χ0) is 12.0. The number of aromatic nitrogens is 2. The number of nitrogens with zero attached hydrogens (tertiary/aromatic N) is 2. The molecule has 0 amide bonds. The van der Waals surface area contributed by atoms with Crippen LogP contribution in [-0.2, 0) is 0 Å². The Balaban J connectivity index is 2.45. The molecule has 1 aromatic heterocycles. The van der Waals surface area contributed by atoms with Crippen molar-refractivity contribution in [3.05, 3.63) is 18.0 Å².